The first-order chi connectivity index (χ1) is 8.24. The van der Waals surface area contributed by atoms with Crippen molar-refractivity contribution in [1.29, 1.82) is 0 Å². The summed E-state index contributed by atoms with van der Waals surface area (Å²) >= 11 is 1.21. The molecule has 1 aliphatic rings. The predicted molar refractivity (Wildman–Crippen MR) is 65.0 cm³/mol. The van der Waals surface area contributed by atoms with Gasteiger partial charge in [0.05, 0.1) is 5.75 Å². The van der Waals surface area contributed by atoms with E-state index in [0.717, 1.165) is 0 Å². The number of carbonyl (C=O) groups is 2. The van der Waals surface area contributed by atoms with Gasteiger partial charge in [0.25, 0.3) is 5.91 Å². The third-order valence-corrected chi connectivity index (χ3v) is 2.79. The minimum Gasteiger partial charge on any atom is -0.484 e. The number of nitrogens with one attached hydrogen (secondary N) is 1. The molecule has 2 rings (SSSR count). The Morgan fingerprint density at radius 2 is 2.18 bits per heavy atom. The van der Waals surface area contributed by atoms with Crippen LogP contribution in [-0.2, 0) is 9.59 Å². The van der Waals surface area contributed by atoms with E-state index in [1.54, 1.807) is 12.1 Å². The third-order valence-electron chi connectivity index (χ3n) is 1.92. The largest absolute Gasteiger partial charge is 0.484 e. The number of carbonyl (C=O) groups excluding carboxylic acids is 2. The van der Waals surface area contributed by atoms with Crippen molar-refractivity contribution in [3.63, 3.8) is 0 Å². The Morgan fingerprint density at radius 1 is 1.41 bits per heavy atom. The van der Waals surface area contributed by atoms with Crippen molar-refractivity contribution in [3.05, 3.63) is 30.3 Å². The standard InChI is InChI=1S/C11H10N2O3S/c14-9(12-11-13-10(15)7-17-11)6-16-8-4-2-1-3-5-8/h1-5H,6-7H2,(H,12,13,14,15). The van der Waals surface area contributed by atoms with Crippen LogP contribution < -0.4 is 10.1 Å². The summed E-state index contributed by atoms with van der Waals surface area (Å²) in [6.45, 7) is -0.135. The number of para-hydroxylation sites is 1. The molecule has 5 nitrogen and oxygen atoms in total. The summed E-state index contributed by atoms with van der Waals surface area (Å²) in [5.41, 5.74) is 0. The Bertz CT molecular complexity index is 459. The lowest BCUT2D eigenvalue weighted by molar-refractivity contribution is -0.119. The number of hydrogen-bond donors (Lipinski definition) is 1. The number of thioether (sulfide) groups is 1. The molecule has 1 N–H and O–H groups in total. The van der Waals surface area contributed by atoms with E-state index in [4.69, 9.17) is 4.74 Å². The SMILES string of the molecule is O=C(COc1ccccc1)N=C1NC(=O)CS1. The number of rotatable bonds is 3. The zero-order valence-electron chi connectivity index (χ0n) is 8.88. The maximum Gasteiger partial charge on any atom is 0.285 e. The molecule has 1 heterocycles. The van der Waals surface area contributed by atoms with E-state index in [1.165, 1.54) is 11.8 Å². The number of hydrogen-bond acceptors (Lipinski definition) is 4. The maximum atomic E-state index is 11.4. The first-order valence-electron chi connectivity index (χ1n) is 4.96. The summed E-state index contributed by atoms with van der Waals surface area (Å²) in [5.74, 6) is 0.374. The average Bonchev–Trinajstić information content (AvgIpc) is 2.73. The van der Waals surface area contributed by atoms with Crippen LogP contribution in [0.15, 0.2) is 35.3 Å². The molecule has 1 aromatic rings. The predicted octanol–water partition coefficient (Wildman–Crippen LogP) is 0.811. The number of ether oxygens (including phenoxy) is 1. The zero-order valence-corrected chi connectivity index (χ0v) is 9.70. The Kier molecular flexibility index (Phi) is 3.77. The van der Waals surface area contributed by atoms with Crippen LogP contribution in [0.5, 0.6) is 5.75 Å². The van der Waals surface area contributed by atoms with Crippen LogP contribution in [0.2, 0.25) is 0 Å². The Balaban J connectivity index is 1.84. The molecule has 1 saturated heterocycles. The average molecular weight is 250 g/mol. The van der Waals surface area contributed by atoms with Crippen LogP contribution >= 0.6 is 11.8 Å². The number of nitrogens with zero attached hydrogens (tertiary/aromatic N) is 1. The highest BCUT2D eigenvalue weighted by Crippen LogP contribution is 2.10. The smallest absolute Gasteiger partial charge is 0.285 e. The Labute approximate surface area is 102 Å². The highest BCUT2D eigenvalue weighted by atomic mass is 32.2. The lowest BCUT2D eigenvalue weighted by Gasteiger charge is -2.02. The van der Waals surface area contributed by atoms with E-state index in [9.17, 15) is 9.59 Å². The maximum absolute atomic E-state index is 11.4. The van der Waals surface area contributed by atoms with Gasteiger partial charge in [-0.2, -0.15) is 4.99 Å². The van der Waals surface area contributed by atoms with Crippen LogP contribution in [0.1, 0.15) is 0 Å². The molecule has 0 unspecified atom stereocenters. The van der Waals surface area contributed by atoms with Gasteiger partial charge in [-0.15, -0.1) is 0 Å². The molecule has 2 amide bonds. The van der Waals surface area contributed by atoms with Gasteiger partial charge in [0.15, 0.2) is 11.8 Å². The van der Waals surface area contributed by atoms with Crippen LogP contribution in [0, 0.1) is 0 Å². The molecule has 0 atom stereocenters. The lowest BCUT2D eigenvalue weighted by Crippen LogP contribution is -2.22. The molecule has 0 bridgehead atoms. The molecule has 1 aromatic carbocycles. The number of amidine groups is 1. The van der Waals surface area contributed by atoms with Gasteiger partial charge >= 0.3 is 0 Å². The fourth-order valence-corrected chi connectivity index (χ4v) is 1.89. The number of benzene rings is 1. The first-order valence-corrected chi connectivity index (χ1v) is 5.94. The molecule has 0 aromatic heterocycles. The van der Waals surface area contributed by atoms with Gasteiger partial charge in [0.2, 0.25) is 5.91 Å². The monoisotopic (exact) mass is 250 g/mol. The number of amides is 2. The van der Waals surface area contributed by atoms with Crippen LogP contribution in [0.25, 0.3) is 0 Å². The molecule has 1 fully saturated rings. The molecule has 6 heteroatoms. The highest BCUT2D eigenvalue weighted by Gasteiger charge is 2.17. The van der Waals surface area contributed by atoms with Gasteiger partial charge in [-0.05, 0) is 12.1 Å². The fraction of sp³-hybridized carbons (Fsp3) is 0.182. The summed E-state index contributed by atoms with van der Waals surface area (Å²) in [6.07, 6.45) is 0. The van der Waals surface area contributed by atoms with E-state index in [1.807, 2.05) is 18.2 Å². The Hall–Kier alpha value is -1.82. The van der Waals surface area contributed by atoms with Gasteiger partial charge in [-0.1, -0.05) is 30.0 Å². The molecule has 0 saturated carbocycles. The van der Waals surface area contributed by atoms with Gasteiger partial charge in [0, 0.05) is 0 Å². The minimum absolute atomic E-state index is 0.134. The molecule has 0 radical (unpaired) electrons. The van der Waals surface area contributed by atoms with Gasteiger partial charge < -0.3 is 10.1 Å². The normalized spacial score (nSPS) is 16.9. The van der Waals surface area contributed by atoms with E-state index >= 15 is 0 Å². The second kappa shape index (κ2) is 5.49. The van der Waals surface area contributed by atoms with E-state index < -0.39 is 5.91 Å². The van der Waals surface area contributed by atoms with Crippen molar-refractivity contribution in [1.82, 2.24) is 5.32 Å². The van der Waals surface area contributed by atoms with Crippen LogP contribution in [0.4, 0.5) is 0 Å². The van der Waals surface area contributed by atoms with Crippen molar-refractivity contribution < 1.29 is 14.3 Å². The molecule has 17 heavy (non-hydrogen) atoms. The zero-order chi connectivity index (χ0) is 12.1. The van der Waals surface area contributed by atoms with Gasteiger partial charge in [-0.25, -0.2) is 0 Å². The Morgan fingerprint density at radius 3 is 2.82 bits per heavy atom. The molecule has 0 spiro atoms. The molecule has 1 aliphatic heterocycles. The fourth-order valence-electron chi connectivity index (χ4n) is 1.19. The quantitative estimate of drug-likeness (QED) is 0.862. The highest BCUT2D eigenvalue weighted by molar-refractivity contribution is 8.15. The van der Waals surface area contributed by atoms with Crippen molar-refractivity contribution in [2.45, 2.75) is 0 Å². The van der Waals surface area contributed by atoms with Crippen molar-refractivity contribution in [2.75, 3.05) is 12.4 Å². The molecular formula is C11H10N2O3S. The first kappa shape index (κ1) is 11.7. The summed E-state index contributed by atoms with van der Waals surface area (Å²) in [6, 6.07) is 9.01. The summed E-state index contributed by atoms with van der Waals surface area (Å²) in [5, 5.41) is 2.82. The van der Waals surface area contributed by atoms with E-state index in [2.05, 4.69) is 10.3 Å². The van der Waals surface area contributed by atoms with Crippen LogP contribution in [0.3, 0.4) is 0 Å². The number of aliphatic imine (C=N–C) groups is 1. The summed E-state index contributed by atoms with van der Waals surface area (Å²) < 4.78 is 5.23. The lowest BCUT2D eigenvalue weighted by atomic mass is 10.3. The minimum atomic E-state index is -0.418. The molecular weight excluding hydrogens is 240 g/mol. The van der Waals surface area contributed by atoms with E-state index in [-0.39, 0.29) is 12.5 Å². The second-order valence-corrected chi connectivity index (χ2v) is 4.21. The third kappa shape index (κ3) is 3.60. The molecule has 88 valence electrons. The topological polar surface area (TPSA) is 67.8 Å². The van der Waals surface area contributed by atoms with E-state index in [0.29, 0.717) is 16.7 Å². The summed E-state index contributed by atoms with van der Waals surface area (Å²) in [7, 11) is 0. The molecule has 0 aliphatic carbocycles. The van der Waals surface area contributed by atoms with Crippen molar-refractivity contribution in [3.8, 4) is 5.75 Å². The second-order valence-electron chi connectivity index (χ2n) is 3.25. The van der Waals surface area contributed by atoms with Crippen molar-refractivity contribution >= 4 is 28.7 Å². The van der Waals surface area contributed by atoms with Gasteiger partial charge in [-0.3, -0.25) is 9.59 Å². The van der Waals surface area contributed by atoms with Crippen LogP contribution in [-0.4, -0.2) is 29.3 Å². The summed E-state index contributed by atoms with van der Waals surface area (Å²) in [4.78, 5) is 26.0. The van der Waals surface area contributed by atoms with Crippen molar-refractivity contribution in [2.24, 2.45) is 4.99 Å². The van der Waals surface area contributed by atoms with Gasteiger partial charge in [0.1, 0.15) is 5.75 Å².